The van der Waals surface area contributed by atoms with Crippen LogP contribution < -0.4 is 4.90 Å². The van der Waals surface area contributed by atoms with Gasteiger partial charge in [-0.2, -0.15) is 0 Å². The third-order valence-electron chi connectivity index (χ3n) is 5.98. The van der Waals surface area contributed by atoms with Crippen molar-refractivity contribution in [3.63, 3.8) is 0 Å². The Balaban J connectivity index is 1.36. The molecule has 1 aliphatic carbocycles. The number of halogens is 1. The van der Waals surface area contributed by atoms with Gasteiger partial charge in [0.15, 0.2) is 0 Å². The Labute approximate surface area is 155 Å². The van der Waals surface area contributed by atoms with Gasteiger partial charge in [-0.15, -0.1) is 0 Å². The van der Waals surface area contributed by atoms with Gasteiger partial charge in [0.1, 0.15) is 0 Å². The van der Waals surface area contributed by atoms with Crippen LogP contribution in [-0.4, -0.2) is 78.2 Å². The van der Waals surface area contributed by atoms with Crippen molar-refractivity contribution in [2.45, 2.75) is 38.1 Å². The van der Waals surface area contributed by atoms with E-state index in [4.69, 9.17) is 21.1 Å². The Morgan fingerprint density at radius 2 is 1.88 bits per heavy atom. The first-order valence-corrected chi connectivity index (χ1v) is 9.94. The number of hydrogen-bond acceptors (Lipinski definition) is 6. The van der Waals surface area contributed by atoms with E-state index in [0.29, 0.717) is 6.61 Å². The molecule has 0 amide bonds. The molecule has 6 nitrogen and oxygen atoms in total. The third-order valence-corrected chi connectivity index (χ3v) is 6.13. The predicted octanol–water partition coefficient (Wildman–Crippen LogP) is 1.72. The van der Waals surface area contributed by atoms with Crippen LogP contribution in [0.15, 0.2) is 6.20 Å². The molecule has 0 spiro atoms. The third kappa shape index (κ3) is 4.08. The van der Waals surface area contributed by atoms with Crippen LogP contribution in [0.4, 0.5) is 5.95 Å². The van der Waals surface area contributed by atoms with Crippen LogP contribution in [-0.2, 0) is 17.1 Å². The van der Waals surface area contributed by atoms with E-state index in [-0.39, 0.29) is 0 Å². The highest BCUT2D eigenvalue weighted by Gasteiger charge is 2.28. The average molecular weight is 366 g/mol. The lowest BCUT2D eigenvalue weighted by Gasteiger charge is -2.43. The molecule has 0 atom stereocenters. The van der Waals surface area contributed by atoms with Crippen molar-refractivity contribution in [1.82, 2.24) is 19.8 Å². The lowest BCUT2D eigenvalue weighted by molar-refractivity contribution is 0.120. The molecule has 0 aromatic carbocycles. The van der Waals surface area contributed by atoms with E-state index in [1.807, 2.05) is 0 Å². The predicted molar refractivity (Wildman–Crippen MR) is 99.1 cm³/mol. The maximum atomic E-state index is 5.34. The van der Waals surface area contributed by atoms with E-state index in [2.05, 4.69) is 25.9 Å². The van der Waals surface area contributed by atoms with Gasteiger partial charge in [0, 0.05) is 64.5 Å². The number of aromatic nitrogens is 2. The van der Waals surface area contributed by atoms with Gasteiger partial charge in [-0.05, 0) is 24.8 Å². The largest absolute Gasteiger partial charge is 0.338 e. The van der Waals surface area contributed by atoms with Crippen LogP contribution in [0.25, 0.3) is 0 Å². The number of nitrogens with zero attached hydrogens (tertiary/aromatic N) is 5. The lowest BCUT2D eigenvalue weighted by atomic mass is 9.91. The molecule has 25 heavy (non-hydrogen) atoms. The topological polar surface area (TPSA) is 44.7 Å². The van der Waals surface area contributed by atoms with E-state index < -0.39 is 0 Å². The standard InChI is InChI=1S/C18H28ClN5O/c19-25-13-12-22-6-4-15-14-20-18(21-17(15)5-7-22)24-10-8-23(9-11-24)16-2-1-3-16/h14,16H,1-13H2. The summed E-state index contributed by atoms with van der Waals surface area (Å²) in [5.74, 6) is 0.921. The Hall–Kier alpha value is -0.950. The summed E-state index contributed by atoms with van der Waals surface area (Å²) in [4.78, 5) is 17.0. The Morgan fingerprint density at radius 3 is 2.60 bits per heavy atom. The molecule has 138 valence electrons. The number of anilines is 1. The summed E-state index contributed by atoms with van der Waals surface area (Å²) in [6, 6.07) is 0.845. The molecule has 2 fully saturated rings. The van der Waals surface area contributed by atoms with Crippen LogP contribution >= 0.6 is 11.9 Å². The smallest absolute Gasteiger partial charge is 0.225 e. The van der Waals surface area contributed by atoms with Gasteiger partial charge >= 0.3 is 0 Å². The summed E-state index contributed by atoms with van der Waals surface area (Å²) in [5, 5.41) is 0. The number of hydrogen-bond donors (Lipinski definition) is 0. The second kappa shape index (κ2) is 8.16. The van der Waals surface area contributed by atoms with E-state index in [1.54, 1.807) is 0 Å². The minimum absolute atomic E-state index is 0.570. The van der Waals surface area contributed by atoms with Crippen LogP contribution in [0.3, 0.4) is 0 Å². The summed E-state index contributed by atoms with van der Waals surface area (Å²) >= 11 is 5.34. The molecule has 0 N–H and O–H groups in total. The Kier molecular flexibility index (Phi) is 5.70. The van der Waals surface area contributed by atoms with Gasteiger partial charge in [-0.1, -0.05) is 6.42 Å². The van der Waals surface area contributed by atoms with Gasteiger partial charge in [0.2, 0.25) is 5.95 Å². The first-order valence-electron chi connectivity index (χ1n) is 9.63. The van der Waals surface area contributed by atoms with E-state index in [1.165, 1.54) is 30.5 Å². The molecule has 0 unspecified atom stereocenters. The van der Waals surface area contributed by atoms with Crippen molar-refractivity contribution in [1.29, 1.82) is 0 Å². The fraction of sp³-hybridized carbons (Fsp3) is 0.778. The quantitative estimate of drug-likeness (QED) is 0.791. The molecule has 1 saturated carbocycles. The molecule has 0 bridgehead atoms. The van der Waals surface area contributed by atoms with E-state index in [0.717, 1.165) is 70.6 Å². The highest BCUT2D eigenvalue weighted by atomic mass is 35.5. The monoisotopic (exact) mass is 365 g/mol. The molecule has 3 aliphatic rings. The lowest BCUT2D eigenvalue weighted by Crippen LogP contribution is -2.52. The molecule has 1 aromatic heterocycles. The van der Waals surface area contributed by atoms with Crippen molar-refractivity contribution < 1.29 is 4.29 Å². The molecule has 2 aliphatic heterocycles. The SMILES string of the molecule is ClOCCN1CCc2cnc(N3CCN(C4CCC4)CC3)nc2CC1. The Bertz CT molecular complexity index is 575. The second-order valence-corrected chi connectivity index (χ2v) is 7.62. The maximum Gasteiger partial charge on any atom is 0.225 e. The van der Waals surface area contributed by atoms with Crippen molar-refractivity contribution in [3.05, 3.63) is 17.5 Å². The van der Waals surface area contributed by atoms with Crippen molar-refractivity contribution in [2.75, 3.05) is 57.3 Å². The van der Waals surface area contributed by atoms with Gasteiger partial charge in [0.25, 0.3) is 0 Å². The minimum atomic E-state index is 0.570. The summed E-state index contributed by atoms with van der Waals surface area (Å²) < 4.78 is 4.69. The molecular weight excluding hydrogens is 338 g/mol. The van der Waals surface area contributed by atoms with Crippen molar-refractivity contribution in [2.24, 2.45) is 0 Å². The highest BCUT2D eigenvalue weighted by Crippen LogP contribution is 2.26. The Morgan fingerprint density at radius 1 is 1.08 bits per heavy atom. The van der Waals surface area contributed by atoms with E-state index >= 15 is 0 Å². The van der Waals surface area contributed by atoms with Gasteiger partial charge in [-0.3, -0.25) is 9.19 Å². The van der Waals surface area contributed by atoms with Crippen LogP contribution in [0.1, 0.15) is 30.5 Å². The summed E-state index contributed by atoms with van der Waals surface area (Å²) in [6.07, 6.45) is 8.23. The van der Waals surface area contributed by atoms with E-state index in [9.17, 15) is 0 Å². The molecule has 0 radical (unpaired) electrons. The van der Waals surface area contributed by atoms with Crippen molar-refractivity contribution in [3.8, 4) is 0 Å². The van der Waals surface area contributed by atoms with Gasteiger partial charge < -0.3 is 9.80 Å². The van der Waals surface area contributed by atoms with Crippen LogP contribution in [0.5, 0.6) is 0 Å². The molecule has 1 aromatic rings. The molecule has 1 saturated heterocycles. The number of fused-ring (bicyclic) bond motifs is 1. The minimum Gasteiger partial charge on any atom is -0.338 e. The zero-order valence-electron chi connectivity index (χ0n) is 14.9. The summed E-state index contributed by atoms with van der Waals surface area (Å²) in [7, 11) is 0. The van der Waals surface area contributed by atoms with Crippen LogP contribution in [0.2, 0.25) is 0 Å². The zero-order valence-corrected chi connectivity index (χ0v) is 15.6. The first kappa shape index (κ1) is 17.5. The molecule has 3 heterocycles. The second-order valence-electron chi connectivity index (χ2n) is 7.40. The molecule has 7 heteroatoms. The zero-order chi connectivity index (χ0) is 17.1. The maximum absolute atomic E-state index is 5.34. The van der Waals surface area contributed by atoms with Gasteiger partial charge in [0.05, 0.1) is 24.2 Å². The highest BCUT2D eigenvalue weighted by molar-refractivity contribution is 6.07. The molecule has 4 rings (SSSR count). The summed E-state index contributed by atoms with van der Waals surface area (Å²) in [5.41, 5.74) is 2.52. The normalized spacial score (nSPS) is 23.2. The molecular formula is C18H28ClN5O. The summed E-state index contributed by atoms with van der Waals surface area (Å²) in [6.45, 7) is 7.88. The van der Waals surface area contributed by atoms with Crippen LogP contribution in [0, 0.1) is 0 Å². The fourth-order valence-corrected chi connectivity index (χ4v) is 4.16. The number of piperazine rings is 1. The average Bonchev–Trinajstić information content (AvgIpc) is 2.81. The number of rotatable bonds is 5. The van der Waals surface area contributed by atoms with Gasteiger partial charge in [-0.25, -0.2) is 9.97 Å². The van der Waals surface area contributed by atoms with Crippen molar-refractivity contribution >= 4 is 17.8 Å². The first-order chi connectivity index (χ1) is 12.3. The fourth-order valence-electron chi connectivity index (χ4n) is 4.09.